The van der Waals surface area contributed by atoms with Crippen molar-refractivity contribution < 1.29 is 19.7 Å². The molecule has 0 unspecified atom stereocenters. The Bertz CT molecular complexity index is 426. The number of carbonyl (C=O) groups is 1. The summed E-state index contributed by atoms with van der Waals surface area (Å²) in [5.41, 5.74) is 0.471. The van der Waals surface area contributed by atoms with Gasteiger partial charge < -0.3 is 14.9 Å². The molecule has 0 aromatic heterocycles. The highest BCUT2D eigenvalue weighted by molar-refractivity contribution is 5.70. The molecule has 0 saturated heterocycles. The van der Waals surface area contributed by atoms with Crippen LogP contribution < -0.4 is 4.74 Å². The van der Waals surface area contributed by atoms with Gasteiger partial charge in [-0.15, -0.1) is 0 Å². The van der Waals surface area contributed by atoms with Crippen molar-refractivity contribution in [2.75, 3.05) is 7.11 Å². The zero-order valence-corrected chi connectivity index (χ0v) is 8.15. The Balaban J connectivity index is 2.94. The number of rotatable bonds is 2. The Morgan fingerprint density at radius 2 is 2.27 bits per heavy atom. The van der Waals surface area contributed by atoms with Crippen molar-refractivity contribution in [1.29, 1.82) is 0 Å². The number of hydrogen-bond acceptors (Lipinski definition) is 3. The van der Waals surface area contributed by atoms with Gasteiger partial charge in [-0.05, 0) is 18.2 Å². The fourth-order valence-corrected chi connectivity index (χ4v) is 1.01. The second kappa shape index (κ2) is 4.91. The van der Waals surface area contributed by atoms with Crippen LogP contribution in [0.3, 0.4) is 0 Å². The Morgan fingerprint density at radius 1 is 1.53 bits per heavy atom. The standard InChI is InChI=1S/C11H10O4/c1-15-10-6-5-9(12)7-8(10)3-2-4-11(13)14/h5-7,12H,4H2,1H3,(H,13,14). The van der Waals surface area contributed by atoms with Crippen LogP contribution >= 0.6 is 0 Å². The molecular formula is C11H10O4. The van der Waals surface area contributed by atoms with E-state index in [2.05, 4.69) is 11.8 Å². The molecular weight excluding hydrogens is 196 g/mol. The van der Waals surface area contributed by atoms with E-state index in [0.717, 1.165) is 0 Å². The Morgan fingerprint density at radius 3 is 2.87 bits per heavy atom. The van der Waals surface area contributed by atoms with Gasteiger partial charge in [0.2, 0.25) is 0 Å². The van der Waals surface area contributed by atoms with Crippen molar-refractivity contribution in [3.8, 4) is 23.3 Å². The topological polar surface area (TPSA) is 66.8 Å². The number of methoxy groups -OCH3 is 1. The quantitative estimate of drug-likeness (QED) is 0.714. The number of aromatic hydroxyl groups is 1. The molecule has 0 spiro atoms. The maximum absolute atomic E-state index is 10.2. The molecule has 15 heavy (non-hydrogen) atoms. The van der Waals surface area contributed by atoms with Gasteiger partial charge in [-0.1, -0.05) is 11.8 Å². The van der Waals surface area contributed by atoms with E-state index < -0.39 is 5.97 Å². The number of aliphatic carboxylic acids is 1. The molecule has 1 aromatic rings. The molecule has 0 bridgehead atoms. The molecule has 0 aliphatic heterocycles. The summed E-state index contributed by atoms with van der Waals surface area (Å²) < 4.78 is 5.00. The minimum Gasteiger partial charge on any atom is -0.508 e. The third-order valence-corrected chi connectivity index (χ3v) is 1.65. The number of hydrogen-bond donors (Lipinski definition) is 2. The molecule has 0 saturated carbocycles. The molecule has 0 aliphatic rings. The molecule has 0 aliphatic carbocycles. The molecule has 78 valence electrons. The number of phenols is 1. The monoisotopic (exact) mass is 206 g/mol. The summed E-state index contributed by atoms with van der Waals surface area (Å²) in [7, 11) is 1.48. The SMILES string of the molecule is COc1ccc(O)cc1C#CCC(=O)O. The summed E-state index contributed by atoms with van der Waals surface area (Å²) in [5, 5.41) is 17.6. The number of carboxylic acid groups (broad SMARTS) is 1. The van der Waals surface area contributed by atoms with Crippen molar-refractivity contribution in [2.24, 2.45) is 0 Å². The summed E-state index contributed by atoms with van der Waals surface area (Å²) in [5.74, 6) is 4.67. The minimum atomic E-state index is -0.985. The third kappa shape index (κ3) is 3.24. The van der Waals surface area contributed by atoms with Gasteiger partial charge in [0.15, 0.2) is 0 Å². The number of phenolic OH excluding ortho intramolecular Hbond substituents is 1. The molecule has 1 aromatic carbocycles. The Hall–Kier alpha value is -2.15. The summed E-state index contributed by atoms with van der Waals surface area (Å²) in [4.78, 5) is 10.2. The first-order valence-electron chi connectivity index (χ1n) is 4.21. The number of benzene rings is 1. The van der Waals surface area contributed by atoms with E-state index >= 15 is 0 Å². The van der Waals surface area contributed by atoms with Crippen molar-refractivity contribution in [3.63, 3.8) is 0 Å². The number of ether oxygens (including phenoxy) is 1. The van der Waals surface area contributed by atoms with Crippen LogP contribution in [0.1, 0.15) is 12.0 Å². The highest BCUT2D eigenvalue weighted by Crippen LogP contribution is 2.21. The van der Waals surface area contributed by atoms with Gasteiger partial charge in [-0.25, -0.2) is 0 Å². The first-order chi connectivity index (χ1) is 7.13. The van der Waals surface area contributed by atoms with Crippen LogP contribution in [-0.4, -0.2) is 23.3 Å². The van der Waals surface area contributed by atoms with Gasteiger partial charge >= 0.3 is 5.97 Å². The van der Waals surface area contributed by atoms with Crippen molar-refractivity contribution >= 4 is 5.97 Å². The van der Waals surface area contributed by atoms with Crippen LogP contribution in [0, 0.1) is 11.8 Å². The molecule has 4 nitrogen and oxygen atoms in total. The fourth-order valence-electron chi connectivity index (χ4n) is 1.01. The first-order valence-corrected chi connectivity index (χ1v) is 4.21. The lowest BCUT2D eigenvalue weighted by Gasteiger charge is -2.02. The van der Waals surface area contributed by atoms with E-state index in [9.17, 15) is 9.90 Å². The molecule has 0 radical (unpaired) electrons. The van der Waals surface area contributed by atoms with Crippen molar-refractivity contribution in [3.05, 3.63) is 23.8 Å². The summed E-state index contributed by atoms with van der Waals surface area (Å²) in [6, 6.07) is 4.47. The molecule has 4 heteroatoms. The minimum absolute atomic E-state index is 0.0652. The summed E-state index contributed by atoms with van der Waals surface area (Å²) >= 11 is 0. The van der Waals surface area contributed by atoms with E-state index in [4.69, 9.17) is 9.84 Å². The number of carboxylic acids is 1. The maximum atomic E-state index is 10.2. The van der Waals surface area contributed by atoms with E-state index in [1.165, 1.54) is 19.2 Å². The van der Waals surface area contributed by atoms with Crippen LogP contribution in [0.5, 0.6) is 11.5 Å². The predicted octanol–water partition coefficient (Wildman–Crippen LogP) is 1.23. The average Bonchev–Trinajstić information content (AvgIpc) is 2.17. The van der Waals surface area contributed by atoms with Gasteiger partial charge in [0.25, 0.3) is 0 Å². The third-order valence-electron chi connectivity index (χ3n) is 1.65. The van der Waals surface area contributed by atoms with Gasteiger partial charge in [-0.2, -0.15) is 0 Å². The molecule has 0 atom stereocenters. The van der Waals surface area contributed by atoms with Gasteiger partial charge in [-0.3, -0.25) is 4.79 Å². The zero-order chi connectivity index (χ0) is 11.3. The van der Waals surface area contributed by atoms with E-state index in [1.807, 2.05) is 0 Å². The van der Waals surface area contributed by atoms with E-state index in [0.29, 0.717) is 11.3 Å². The normalized spacial score (nSPS) is 8.87. The molecule has 2 N–H and O–H groups in total. The van der Waals surface area contributed by atoms with Crippen LogP contribution in [0.2, 0.25) is 0 Å². The molecule has 0 heterocycles. The van der Waals surface area contributed by atoms with Gasteiger partial charge in [0.05, 0.1) is 12.7 Å². The van der Waals surface area contributed by atoms with Crippen LogP contribution in [0.4, 0.5) is 0 Å². The van der Waals surface area contributed by atoms with Crippen LogP contribution in [0.25, 0.3) is 0 Å². The van der Waals surface area contributed by atoms with Gasteiger partial charge in [0, 0.05) is 0 Å². The smallest absolute Gasteiger partial charge is 0.315 e. The van der Waals surface area contributed by atoms with Crippen molar-refractivity contribution in [1.82, 2.24) is 0 Å². The van der Waals surface area contributed by atoms with Gasteiger partial charge in [0.1, 0.15) is 17.9 Å². The average molecular weight is 206 g/mol. The molecule has 0 amide bonds. The lowest BCUT2D eigenvalue weighted by atomic mass is 10.2. The highest BCUT2D eigenvalue weighted by atomic mass is 16.5. The first kappa shape index (κ1) is 10.9. The van der Waals surface area contributed by atoms with E-state index in [-0.39, 0.29) is 12.2 Å². The summed E-state index contributed by atoms with van der Waals surface area (Å²) in [6.07, 6.45) is -0.237. The lowest BCUT2D eigenvalue weighted by molar-refractivity contribution is -0.135. The fraction of sp³-hybridized carbons (Fsp3) is 0.182. The maximum Gasteiger partial charge on any atom is 0.315 e. The van der Waals surface area contributed by atoms with Crippen LogP contribution in [-0.2, 0) is 4.79 Å². The second-order valence-corrected chi connectivity index (χ2v) is 2.76. The Labute approximate surface area is 87.1 Å². The Kier molecular flexibility index (Phi) is 3.58. The zero-order valence-electron chi connectivity index (χ0n) is 8.15. The molecule has 1 rings (SSSR count). The van der Waals surface area contributed by atoms with Crippen molar-refractivity contribution in [2.45, 2.75) is 6.42 Å². The molecule has 0 fully saturated rings. The summed E-state index contributed by atoms with van der Waals surface area (Å²) in [6.45, 7) is 0. The van der Waals surface area contributed by atoms with Crippen LogP contribution in [0.15, 0.2) is 18.2 Å². The van der Waals surface area contributed by atoms with E-state index in [1.54, 1.807) is 6.07 Å². The second-order valence-electron chi connectivity index (χ2n) is 2.76. The lowest BCUT2D eigenvalue weighted by Crippen LogP contribution is -1.91. The predicted molar refractivity (Wildman–Crippen MR) is 53.8 cm³/mol. The highest BCUT2D eigenvalue weighted by Gasteiger charge is 2.00. The largest absolute Gasteiger partial charge is 0.508 e.